The van der Waals surface area contributed by atoms with Crippen molar-refractivity contribution in [3.05, 3.63) is 45.9 Å². The average molecular weight is 260 g/mol. The molecule has 2 rings (SSSR count). The Kier molecular flexibility index (Phi) is 3.56. The van der Waals surface area contributed by atoms with Crippen LogP contribution in [-0.4, -0.2) is 27.1 Å². The first-order valence-electron chi connectivity index (χ1n) is 5.67. The van der Waals surface area contributed by atoms with Crippen molar-refractivity contribution in [2.75, 3.05) is 5.32 Å². The van der Waals surface area contributed by atoms with Crippen molar-refractivity contribution >= 4 is 17.9 Å². The number of hydrogen-bond donors (Lipinski definition) is 3. The number of ketones is 1. The van der Waals surface area contributed by atoms with E-state index in [9.17, 15) is 14.4 Å². The number of nitrogens with zero attached hydrogens (tertiary/aromatic N) is 1. The van der Waals surface area contributed by atoms with E-state index in [0.29, 0.717) is 24.2 Å². The van der Waals surface area contributed by atoms with Crippen molar-refractivity contribution in [2.24, 2.45) is 0 Å². The van der Waals surface area contributed by atoms with E-state index in [1.807, 2.05) is 6.92 Å². The summed E-state index contributed by atoms with van der Waals surface area (Å²) < 4.78 is 0. The van der Waals surface area contributed by atoms with E-state index in [1.54, 1.807) is 0 Å². The van der Waals surface area contributed by atoms with Gasteiger partial charge in [0.25, 0.3) is 0 Å². The standard InChI is InChI=1S/C12H12N4O3/c1-2-8-10(16-12(19)15-8)11(18)7-3-4-13-5-9(7)14-6-17/h3-6H,2H2,1H3,(H,14,17)(H2,15,16,19). The molecule has 0 radical (unpaired) electrons. The summed E-state index contributed by atoms with van der Waals surface area (Å²) in [5.74, 6) is -0.373. The van der Waals surface area contributed by atoms with E-state index in [1.165, 1.54) is 18.5 Å². The van der Waals surface area contributed by atoms with E-state index in [0.717, 1.165) is 0 Å². The second-order valence-electron chi connectivity index (χ2n) is 3.80. The van der Waals surface area contributed by atoms with Crippen LogP contribution in [0, 0.1) is 0 Å². The van der Waals surface area contributed by atoms with Gasteiger partial charge in [-0.05, 0) is 12.5 Å². The lowest BCUT2D eigenvalue weighted by molar-refractivity contribution is -0.105. The van der Waals surface area contributed by atoms with E-state index in [2.05, 4.69) is 20.3 Å². The Morgan fingerprint density at radius 1 is 1.47 bits per heavy atom. The number of hydrogen-bond acceptors (Lipinski definition) is 4. The van der Waals surface area contributed by atoms with Crippen molar-refractivity contribution in [1.29, 1.82) is 0 Å². The number of carbonyl (C=O) groups excluding carboxylic acids is 2. The molecule has 3 N–H and O–H groups in total. The number of carbonyl (C=O) groups is 2. The smallest absolute Gasteiger partial charge is 0.323 e. The molecule has 0 bridgehead atoms. The second-order valence-corrected chi connectivity index (χ2v) is 3.80. The lowest BCUT2D eigenvalue weighted by atomic mass is 10.1. The van der Waals surface area contributed by atoms with E-state index < -0.39 is 5.69 Å². The van der Waals surface area contributed by atoms with Gasteiger partial charge in [-0.25, -0.2) is 4.79 Å². The van der Waals surface area contributed by atoms with Gasteiger partial charge in [-0.3, -0.25) is 14.6 Å². The molecular weight excluding hydrogens is 248 g/mol. The minimum absolute atomic E-state index is 0.202. The summed E-state index contributed by atoms with van der Waals surface area (Å²) in [6.07, 6.45) is 3.80. The van der Waals surface area contributed by atoms with E-state index in [-0.39, 0.29) is 17.0 Å². The summed E-state index contributed by atoms with van der Waals surface area (Å²) in [5, 5.41) is 2.40. The fraction of sp³-hybridized carbons (Fsp3) is 0.167. The number of aryl methyl sites for hydroxylation is 1. The molecule has 98 valence electrons. The van der Waals surface area contributed by atoms with Gasteiger partial charge in [0.1, 0.15) is 5.69 Å². The van der Waals surface area contributed by atoms with Crippen molar-refractivity contribution in [2.45, 2.75) is 13.3 Å². The van der Waals surface area contributed by atoms with Crippen molar-refractivity contribution in [3.63, 3.8) is 0 Å². The maximum atomic E-state index is 12.4. The van der Waals surface area contributed by atoms with Crippen LogP contribution in [0.4, 0.5) is 5.69 Å². The van der Waals surface area contributed by atoms with Crippen LogP contribution >= 0.6 is 0 Å². The number of amides is 1. The highest BCUT2D eigenvalue weighted by Gasteiger charge is 2.19. The Morgan fingerprint density at radius 2 is 2.26 bits per heavy atom. The molecule has 0 atom stereocenters. The van der Waals surface area contributed by atoms with Gasteiger partial charge in [-0.2, -0.15) is 0 Å². The van der Waals surface area contributed by atoms with Gasteiger partial charge >= 0.3 is 5.69 Å². The summed E-state index contributed by atoms with van der Waals surface area (Å²) in [5.41, 5.74) is 0.870. The summed E-state index contributed by atoms with van der Waals surface area (Å²) in [6, 6.07) is 1.49. The summed E-state index contributed by atoms with van der Waals surface area (Å²) >= 11 is 0. The minimum atomic E-state index is -0.431. The Hall–Kier alpha value is -2.70. The molecule has 7 heteroatoms. The fourth-order valence-electron chi connectivity index (χ4n) is 1.78. The first-order valence-corrected chi connectivity index (χ1v) is 5.67. The third-order valence-corrected chi connectivity index (χ3v) is 2.67. The lowest BCUT2D eigenvalue weighted by Gasteiger charge is -2.06. The summed E-state index contributed by atoms with van der Waals surface area (Å²) in [4.78, 5) is 43.0. The van der Waals surface area contributed by atoms with Gasteiger partial charge in [0, 0.05) is 11.9 Å². The minimum Gasteiger partial charge on any atom is -0.327 e. The molecule has 7 nitrogen and oxygen atoms in total. The van der Waals surface area contributed by atoms with Crippen LogP contribution in [0.3, 0.4) is 0 Å². The Balaban J connectivity index is 2.49. The van der Waals surface area contributed by atoms with Gasteiger partial charge in [0.15, 0.2) is 0 Å². The molecule has 0 spiro atoms. The number of pyridine rings is 1. The number of rotatable bonds is 5. The normalized spacial score (nSPS) is 10.2. The van der Waals surface area contributed by atoms with Crippen LogP contribution in [0.1, 0.15) is 28.7 Å². The van der Waals surface area contributed by atoms with E-state index in [4.69, 9.17) is 0 Å². The molecule has 0 aliphatic rings. The summed E-state index contributed by atoms with van der Waals surface area (Å²) in [6.45, 7) is 1.83. The Labute approximate surface area is 108 Å². The van der Waals surface area contributed by atoms with Crippen molar-refractivity contribution in [3.8, 4) is 0 Å². The monoisotopic (exact) mass is 260 g/mol. The molecule has 0 fully saturated rings. The molecule has 2 aromatic heterocycles. The van der Waals surface area contributed by atoms with Gasteiger partial charge in [-0.1, -0.05) is 6.92 Å². The molecule has 0 saturated heterocycles. The number of aromatic nitrogens is 3. The van der Waals surface area contributed by atoms with Crippen LogP contribution in [0.25, 0.3) is 0 Å². The summed E-state index contributed by atoms with van der Waals surface area (Å²) in [7, 11) is 0. The second kappa shape index (κ2) is 5.30. The van der Waals surface area contributed by atoms with Crippen LogP contribution in [0.5, 0.6) is 0 Å². The number of anilines is 1. The molecule has 2 heterocycles. The zero-order valence-corrected chi connectivity index (χ0v) is 10.2. The number of imidazole rings is 1. The fourth-order valence-corrected chi connectivity index (χ4v) is 1.78. The third kappa shape index (κ3) is 2.44. The number of aromatic amines is 2. The Morgan fingerprint density at radius 3 is 2.95 bits per heavy atom. The van der Waals surface area contributed by atoms with Crippen LogP contribution in [0.2, 0.25) is 0 Å². The molecule has 1 amide bonds. The largest absolute Gasteiger partial charge is 0.327 e. The van der Waals surface area contributed by atoms with Crippen molar-refractivity contribution < 1.29 is 9.59 Å². The molecule has 2 aromatic rings. The number of H-pyrrole nitrogens is 2. The highest BCUT2D eigenvalue weighted by molar-refractivity contribution is 6.12. The molecular formula is C12H12N4O3. The SMILES string of the molecule is CCc1[nH]c(=O)[nH]c1C(=O)c1ccncc1NC=O. The van der Waals surface area contributed by atoms with Gasteiger partial charge < -0.3 is 15.3 Å². The maximum Gasteiger partial charge on any atom is 0.323 e. The zero-order valence-electron chi connectivity index (χ0n) is 10.2. The quantitative estimate of drug-likeness (QED) is 0.536. The topological polar surface area (TPSA) is 108 Å². The predicted octanol–water partition coefficient (Wildman–Crippen LogP) is 0.460. The average Bonchev–Trinajstić information content (AvgIpc) is 2.80. The first kappa shape index (κ1) is 12.7. The molecule has 0 aliphatic carbocycles. The van der Waals surface area contributed by atoms with Crippen LogP contribution < -0.4 is 11.0 Å². The third-order valence-electron chi connectivity index (χ3n) is 2.67. The highest BCUT2D eigenvalue weighted by atomic mass is 16.1. The van der Waals surface area contributed by atoms with E-state index >= 15 is 0 Å². The Bertz CT molecular complexity index is 672. The molecule has 0 saturated carbocycles. The molecule has 0 aromatic carbocycles. The van der Waals surface area contributed by atoms with Crippen LogP contribution in [-0.2, 0) is 11.2 Å². The zero-order chi connectivity index (χ0) is 13.8. The van der Waals surface area contributed by atoms with Crippen molar-refractivity contribution in [1.82, 2.24) is 15.0 Å². The molecule has 19 heavy (non-hydrogen) atoms. The molecule has 0 unspecified atom stereocenters. The number of nitrogens with one attached hydrogen (secondary N) is 3. The highest BCUT2D eigenvalue weighted by Crippen LogP contribution is 2.17. The van der Waals surface area contributed by atoms with Gasteiger partial charge in [-0.15, -0.1) is 0 Å². The predicted molar refractivity (Wildman–Crippen MR) is 68.1 cm³/mol. The lowest BCUT2D eigenvalue weighted by Crippen LogP contribution is -2.10. The molecule has 0 aliphatic heterocycles. The van der Waals surface area contributed by atoms with Gasteiger partial charge in [0.05, 0.1) is 17.4 Å². The van der Waals surface area contributed by atoms with Gasteiger partial charge in [0.2, 0.25) is 12.2 Å². The maximum absolute atomic E-state index is 12.4. The van der Waals surface area contributed by atoms with Crippen LogP contribution in [0.15, 0.2) is 23.3 Å². The first-order chi connectivity index (χ1) is 9.17.